The van der Waals surface area contributed by atoms with Gasteiger partial charge in [0.2, 0.25) is 5.91 Å². The maximum Gasteiger partial charge on any atom is 0.248 e. The highest BCUT2D eigenvalue weighted by Gasteiger charge is 2.12. The molecule has 102 valence electrons. The molecule has 0 aromatic heterocycles. The molecule has 0 bridgehead atoms. The Hall–Kier alpha value is -2.33. The van der Waals surface area contributed by atoms with Crippen molar-refractivity contribution >= 4 is 17.3 Å². The standard InChI is InChI=1S/C16H17N3O/c17-16(20)12-4-1-5-13(9-12)19-15-6-2-3-11-7-8-18-10-14(11)15/h1-6,9,18-19H,7-8,10H2,(H2,17,20). The molecule has 20 heavy (non-hydrogen) atoms. The Kier molecular flexibility index (Phi) is 3.39. The molecule has 1 aliphatic rings. The van der Waals surface area contributed by atoms with Gasteiger partial charge < -0.3 is 16.4 Å². The molecule has 0 unspecified atom stereocenters. The molecule has 0 spiro atoms. The van der Waals surface area contributed by atoms with Gasteiger partial charge in [-0.1, -0.05) is 18.2 Å². The molecule has 4 N–H and O–H groups in total. The summed E-state index contributed by atoms with van der Waals surface area (Å²) in [5.41, 5.74) is 10.4. The summed E-state index contributed by atoms with van der Waals surface area (Å²) in [5, 5.41) is 6.76. The number of fused-ring (bicyclic) bond motifs is 1. The summed E-state index contributed by atoms with van der Waals surface area (Å²) in [4.78, 5) is 11.2. The van der Waals surface area contributed by atoms with Gasteiger partial charge in [-0.2, -0.15) is 0 Å². The van der Waals surface area contributed by atoms with Crippen LogP contribution < -0.4 is 16.4 Å². The number of amides is 1. The van der Waals surface area contributed by atoms with Crippen molar-refractivity contribution in [2.24, 2.45) is 5.73 Å². The second-order valence-corrected chi connectivity index (χ2v) is 4.94. The molecule has 3 rings (SSSR count). The summed E-state index contributed by atoms with van der Waals surface area (Å²) < 4.78 is 0. The van der Waals surface area contributed by atoms with Crippen LogP contribution >= 0.6 is 0 Å². The number of carbonyl (C=O) groups excluding carboxylic acids is 1. The molecule has 1 heterocycles. The molecule has 2 aromatic carbocycles. The van der Waals surface area contributed by atoms with Crippen molar-refractivity contribution in [1.29, 1.82) is 0 Å². The first-order valence-corrected chi connectivity index (χ1v) is 6.72. The van der Waals surface area contributed by atoms with E-state index in [-0.39, 0.29) is 0 Å². The van der Waals surface area contributed by atoms with Crippen LogP contribution in [0.1, 0.15) is 21.5 Å². The second-order valence-electron chi connectivity index (χ2n) is 4.94. The highest BCUT2D eigenvalue weighted by atomic mass is 16.1. The van der Waals surface area contributed by atoms with Crippen LogP contribution in [0, 0.1) is 0 Å². The topological polar surface area (TPSA) is 67.2 Å². The number of hydrogen-bond acceptors (Lipinski definition) is 3. The summed E-state index contributed by atoms with van der Waals surface area (Å²) in [6, 6.07) is 13.5. The van der Waals surface area contributed by atoms with Gasteiger partial charge in [0, 0.05) is 23.5 Å². The number of anilines is 2. The maximum atomic E-state index is 11.2. The molecule has 1 aliphatic heterocycles. The first-order valence-electron chi connectivity index (χ1n) is 6.72. The Labute approximate surface area is 118 Å². The SMILES string of the molecule is NC(=O)c1cccc(Nc2cccc3c2CNCC3)c1. The minimum Gasteiger partial charge on any atom is -0.366 e. The molecule has 0 atom stereocenters. The largest absolute Gasteiger partial charge is 0.366 e. The van der Waals surface area contributed by atoms with Crippen LogP contribution in [0.4, 0.5) is 11.4 Å². The lowest BCUT2D eigenvalue weighted by molar-refractivity contribution is 0.100. The maximum absolute atomic E-state index is 11.2. The zero-order valence-corrected chi connectivity index (χ0v) is 11.1. The molecule has 0 radical (unpaired) electrons. The van der Waals surface area contributed by atoms with Crippen LogP contribution in [-0.2, 0) is 13.0 Å². The smallest absolute Gasteiger partial charge is 0.248 e. The van der Waals surface area contributed by atoms with Gasteiger partial charge in [0.15, 0.2) is 0 Å². The Morgan fingerprint density at radius 1 is 1.20 bits per heavy atom. The molecule has 2 aromatic rings. The van der Waals surface area contributed by atoms with Gasteiger partial charge in [0.05, 0.1) is 0 Å². The van der Waals surface area contributed by atoms with Crippen molar-refractivity contribution in [1.82, 2.24) is 5.32 Å². The highest BCUT2D eigenvalue weighted by molar-refractivity contribution is 5.93. The van der Waals surface area contributed by atoms with E-state index in [4.69, 9.17) is 5.73 Å². The van der Waals surface area contributed by atoms with Crippen molar-refractivity contribution in [3.8, 4) is 0 Å². The van der Waals surface area contributed by atoms with Crippen LogP contribution in [0.15, 0.2) is 42.5 Å². The summed E-state index contributed by atoms with van der Waals surface area (Å²) in [6.07, 6.45) is 1.05. The lowest BCUT2D eigenvalue weighted by Gasteiger charge is -2.21. The van der Waals surface area contributed by atoms with E-state index < -0.39 is 5.91 Å². The number of hydrogen-bond donors (Lipinski definition) is 3. The number of carbonyl (C=O) groups is 1. The van der Waals surface area contributed by atoms with E-state index in [1.165, 1.54) is 11.1 Å². The minimum atomic E-state index is -0.412. The van der Waals surface area contributed by atoms with E-state index in [1.807, 2.05) is 12.1 Å². The third-order valence-corrected chi connectivity index (χ3v) is 3.57. The van der Waals surface area contributed by atoms with Gasteiger partial charge in [0.25, 0.3) is 0 Å². The summed E-state index contributed by atoms with van der Waals surface area (Å²) in [6.45, 7) is 1.89. The lowest BCUT2D eigenvalue weighted by atomic mass is 9.99. The molecule has 0 saturated heterocycles. The average Bonchev–Trinajstić information content (AvgIpc) is 2.48. The van der Waals surface area contributed by atoms with Crippen LogP contribution in [0.5, 0.6) is 0 Å². The minimum absolute atomic E-state index is 0.412. The van der Waals surface area contributed by atoms with Gasteiger partial charge in [0.1, 0.15) is 0 Å². The van der Waals surface area contributed by atoms with Crippen molar-refractivity contribution in [2.45, 2.75) is 13.0 Å². The zero-order valence-electron chi connectivity index (χ0n) is 11.1. The number of primary amides is 1. The Bertz CT molecular complexity index is 652. The first-order chi connectivity index (χ1) is 9.74. The lowest BCUT2D eigenvalue weighted by Crippen LogP contribution is -2.24. The Balaban J connectivity index is 1.91. The Morgan fingerprint density at radius 3 is 2.90 bits per heavy atom. The predicted octanol–water partition coefficient (Wildman–Crippen LogP) is 2.17. The first kappa shape index (κ1) is 12.7. The molecule has 4 heteroatoms. The van der Waals surface area contributed by atoms with E-state index in [1.54, 1.807) is 12.1 Å². The van der Waals surface area contributed by atoms with Gasteiger partial charge in [-0.3, -0.25) is 4.79 Å². The number of rotatable bonds is 3. The fourth-order valence-corrected chi connectivity index (χ4v) is 2.54. The molecular formula is C16H17N3O. The normalized spacial score (nSPS) is 13.6. The zero-order chi connectivity index (χ0) is 13.9. The summed E-state index contributed by atoms with van der Waals surface area (Å²) in [5.74, 6) is -0.412. The fourth-order valence-electron chi connectivity index (χ4n) is 2.54. The molecule has 4 nitrogen and oxygen atoms in total. The van der Waals surface area contributed by atoms with Crippen LogP contribution in [-0.4, -0.2) is 12.5 Å². The number of nitrogens with one attached hydrogen (secondary N) is 2. The molecular weight excluding hydrogens is 250 g/mol. The summed E-state index contributed by atoms with van der Waals surface area (Å²) in [7, 11) is 0. The van der Waals surface area contributed by atoms with Crippen LogP contribution in [0.2, 0.25) is 0 Å². The van der Waals surface area contributed by atoms with Gasteiger partial charge >= 0.3 is 0 Å². The molecule has 0 fully saturated rings. The fraction of sp³-hybridized carbons (Fsp3) is 0.188. The van der Waals surface area contributed by atoms with Crippen LogP contribution in [0.3, 0.4) is 0 Å². The second kappa shape index (κ2) is 5.35. The van der Waals surface area contributed by atoms with E-state index in [0.29, 0.717) is 5.56 Å². The third-order valence-electron chi connectivity index (χ3n) is 3.57. The van der Waals surface area contributed by atoms with E-state index in [0.717, 1.165) is 30.9 Å². The van der Waals surface area contributed by atoms with Crippen molar-refractivity contribution in [2.75, 3.05) is 11.9 Å². The van der Waals surface area contributed by atoms with Gasteiger partial charge in [-0.25, -0.2) is 0 Å². The molecule has 0 saturated carbocycles. The third kappa shape index (κ3) is 2.51. The predicted molar refractivity (Wildman–Crippen MR) is 80.1 cm³/mol. The number of benzene rings is 2. The van der Waals surface area contributed by atoms with Gasteiger partial charge in [-0.15, -0.1) is 0 Å². The van der Waals surface area contributed by atoms with E-state index in [2.05, 4.69) is 28.8 Å². The van der Waals surface area contributed by atoms with E-state index in [9.17, 15) is 4.79 Å². The average molecular weight is 267 g/mol. The van der Waals surface area contributed by atoms with Crippen molar-refractivity contribution < 1.29 is 4.79 Å². The Morgan fingerprint density at radius 2 is 2.05 bits per heavy atom. The van der Waals surface area contributed by atoms with Crippen molar-refractivity contribution in [3.63, 3.8) is 0 Å². The van der Waals surface area contributed by atoms with Crippen LogP contribution in [0.25, 0.3) is 0 Å². The van der Waals surface area contributed by atoms with Gasteiger partial charge in [-0.05, 0) is 48.4 Å². The molecule has 0 aliphatic carbocycles. The highest BCUT2D eigenvalue weighted by Crippen LogP contribution is 2.26. The van der Waals surface area contributed by atoms with E-state index >= 15 is 0 Å². The summed E-state index contributed by atoms with van der Waals surface area (Å²) >= 11 is 0. The monoisotopic (exact) mass is 267 g/mol. The van der Waals surface area contributed by atoms with Crippen molar-refractivity contribution in [3.05, 3.63) is 59.2 Å². The number of nitrogens with two attached hydrogens (primary N) is 1. The molecule has 1 amide bonds. The quantitative estimate of drug-likeness (QED) is 0.798.